The van der Waals surface area contributed by atoms with E-state index in [-0.39, 0.29) is 54.1 Å². The molecule has 4 aromatic carbocycles. The minimum Gasteiger partial charge on any atom is -0.508 e. The fraction of sp³-hybridized carbons (Fsp3) is 0.390. The number of nitrogens with one attached hydrogen (secondary N) is 1. The number of carbonyl (C=O) groups is 3. The molecule has 15 heteroatoms. The minimum absolute atomic E-state index is 0.0639. The first-order valence-corrected chi connectivity index (χ1v) is 25.9. The van der Waals surface area contributed by atoms with E-state index in [1.54, 1.807) is 35.2 Å². The summed E-state index contributed by atoms with van der Waals surface area (Å²) < 4.78 is 36.4. The molecule has 0 unspecified atom stereocenters. The standard InChI is InChI=1S/C59H64FN7O7/c1-37-50(30-45(32-61)63(37)3)56-55(58(70)62-44-13-15-47(68)16-14-44)38(2)64(4)57(56)51-27-40-18-22-66(54(69)29-41-12-17-48(31-53(41)60)73-23-19-49-36-72-24-25-74-49)33-43(40)28-52(51)59(71)67-34-42-11-7-6-10-39(42)26-46(67)35-65-20-8-5-9-21-65/h6-7,10-17,27-28,30-31,46,49,68H,5,8-9,18-26,29,33-36H2,1-4H3,(H,62,70)/t46-,49+/m0/s1. The molecular formula is C59H64FN7O7. The summed E-state index contributed by atoms with van der Waals surface area (Å²) in [6.07, 6.45) is 5.00. The van der Waals surface area contributed by atoms with Gasteiger partial charge in [0.25, 0.3) is 11.8 Å². The van der Waals surface area contributed by atoms with Gasteiger partial charge in [-0.05, 0) is 129 Å². The lowest BCUT2D eigenvalue weighted by atomic mass is 9.87. The summed E-state index contributed by atoms with van der Waals surface area (Å²) in [6, 6.07) is 27.2. The van der Waals surface area contributed by atoms with Gasteiger partial charge in [-0.1, -0.05) is 36.8 Å². The van der Waals surface area contributed by atoms with Crippen LogP contribution in [0.4, 0.5) is 10.1 Å². The number of anilines is 1. The maximum atomic E-state index is 16.0. The second kappa shape index (κ2) is 21.7. The number of halogens is 1. The largest absolute Gasteiger partial charge is 0.508 e. The Hall–Kier alpha value is -7.25. The van der Waals surface area contributed by atoms with Crippen LogP contribution in [0.3, 0.4) is 0 Å². The Morgan fingerprint density at radius 3 is 2.36 bits per heavy atom. The molecule has 0 bridgehead atoms. The van der Waals surface area contributed by atoms with Gasteiger partial charge in [0.05, 0.1) is 50.2 Å². The van der Waals surface area contributed by atoms with Crippen molar-refractivity contribution in [3.63, 3.8) is 0 Å². The lowest BCUT2D eigenvalue weighted by Crippen LogP contribution is -2.51. The maximum absolute atomic E-state index is 16.0. The zero-order valence-electron chi connectivity index (χ0n) is 42.7. The Kier molecular flexibility index (Phi) is 14.7. The third kappa shape index (κ3) is 10.3. The monoisotopic (exact) mass is 1000 g/mol. The van der Waals surface area contributed by atoms with E-state index in [0.717, 1.165) is 54.9 Å². The third-order valence-corrected chi connectivity index (χ3v) is 15.6. The van der Waals surface area contributed by atoms with Crippen molar-refractivity contribution in [2.24, 2.45) is 14.1 Å². The Morgan fingerprint density at radius 1 is 0.851 bits per heavy atom. The molecule has 3 amide bonds. The predicted octanol–water partition coefficient (Wildman–Crippen LogP) is 8.65. The summed E-state index contributed by atoms with van der Waals surface area (Å²) in [5.74, 6) is -0.863. The lowest BCUT2D eigenvalue weighted by Gasteiger charge is -2.41. The second-order valence-corrected chi connectivity index (χ2v) is 20.2. The molecule has 0 spiro atoms. The molecule has 2 aromatic heterocycles. The van der Waals surface area contributed by atoms with Crippen LogP contribution < -0.4 is 10.1 Å². The van der Waals surface area contributed by atoms with Crippen molar-refractivity contribution in [1.29, 1.82) is 5.26 Å². The maximum Gasteiger partial charge on any atom is 0.258 e. The van der Waals surface area contributed by atoms with Crippen LogP contribution in [0.5, 0.6) is 11.5 Å². The molecule has 6 heterocycles. The number of likely N-dealkylation sites (tertiary alicyclic amines) is 1. The van der Waals surface area contributed by atoms with Gasteiger partial charge in [-0.25, -0.2) is 4.39 Å². The number of phenols is 1. The van der Waals surface area contributed by atoms with Gasteiger partial charge in [0.15, 0.2) is 0 Å². The fourth-order valence-electron chi connectivity index (χ4n) is 11.3. The fourth-order valence-corrected chi connectivity index (χ4v) is 11.3. The quantitative estimate of drug-likeness (QED) is 0.108. The van der Waals surface area contributed by atoms with Crippen molar-refractivity contribution in [1.82, 2.24) is 23.8 Å². The Morgan fingerprint density at radius 2 is 1.64 bits per heavy atom. The van der Waals surface area contributed by atoms with E-state index in [1.165, 1.54) is 30.2 Å². The number of nitrogens with zero attached hydrogens (tertiary/aromatic N) is 6. The highest BCUT2D eigenvalue weighted by Crippen LogP contribution is 2.44. The summed E-state index contributed by atoms with van der Waals surface area (Å²) in [4.78, 5) is 51.3. The smallest absolute Gasteiger partial charge is 0.258 e. The molecule has 2 fully saturated rings. The number of nitriles is 1. The highest BCUT2D eigenvalue weighted by atomic mass is 19.1. The van der Waals surface area contributed by atoms with Crippen LogP contribution in [-0.2, 0) is 60.7 Å². The van der Waals surface area contributed by atoms with Gasteiger partial charge in [0, 0.05) is 98.1 Å². The number of benzene rings is 4. The van der Waals surface area contributed by atoms with Crippen molar-refractivity contribution in [3.8, 4) is 40.0 Å². The third-order valence-electron chi connectivity index (χ3n) is 15.6. The summed E-state index contributed by atoms with van der Waals surface area (Å²) in [5.41, 5.74) is 10.0. The van der Waals surface area contributed by atoms with E-state index < -0.39 is 5.82 Å². The molecule has 2 N–H and O–H groups in total. The molecule has 2 saturated heterocycles. The van der Waals surface area contributed by atoms with Gasteiger partial charge in [-0.2, -0.15) is 5.26 Å². The number of carbonyl (C=O) groups excluding carboxylic acids is 3. The SMILES string of the molecule is Cc1c(-c2c(C(=O)Nc3ccc(O)cc3)c(C)n(C)c2-c2cc3c(cc2C(=O)N2Cc4ccccc4C[C@H]2CN2CCCCC2)CN(C(=O)Cc2ccc(OCC[C@@H]4COCCO4)cc2F)CC3)cc(C#N)n1C. The molecule has 74 heavy (non-hydrogen) atoms. The van der Waals surface area contributed by atoms with Crippen LogP contribution in [0.1, 0.15) is 91.3 Å². The second-order valence-electron chi connectivity index (χ2n) is 20.2. The van der Waals surface area contributed by atoms with Crippen LogP contribution >= 0.6 is 0 Å². The Labute approximate surface area is 431 Å². The first kappa shape index (κ1) is 50.3. The number of hydrogen-bond donors (Lipinski definition) is 2. The van der Waals surface area contributed by atoms with Crippen molar-refractivity contribution >= 4 is 23.4 Å². The van der Waals surface area contributed by atoms with Gasteiger partial charge < -0.3 is 48.5 Å². The summed E-state index contributed by atoms with van der Waals surface area (Å²) >= 11 is 0. The zero-order valence-corrected chi connectivity index (χ0v) is 42.7. The Bertz CT molecular complexity index is 3140. The first-order chi connectivity index (χ1) is 35.8. The highest BCUT2D eigenvalue weighted by Gasteiger charge is 2.37. The number of rotatable bonds is 13. The molecule has 4 aliphatic heterocycles. The highest BCUT2D eigenvalue weighted by molar-refractivity contribution is 6.14. The number of amides is 3. The summed E-state index contributed by atoms with van der Waals surface area (Å²) in [6.45, 7) is 9.45. The molecule has 14 nitrogen and oxygen atoms in total. The van der Waals surface area contributed by atoms with Crippen molar-refractivity contribution < 1.29 is 38.1 Å². The van der Waals surface area contributed by atoms with Crippen LogP contribution in [0.25, 0.3) is 22.4 Å². The van der Waals surface area contributed by atoms with Gasteiger partial charge in [-0.3, -0.25) is 14.4 Å². The Balaban J connectivity index is 1.04. The summed E-state index contributed by atoms with van der Waals surface area (Å²) in [7, 11) is 3.73. The van der Waals surface area contributed by atoms with Crippen molar-refractivity contribution in [2.45, 2.75) is 84.0 Å². The number of fused-ring (bicyclic) bond motifs is 2. The molecule has 0 radical (unpaired) electrons. The first-order valence-electron chi connectivity index (χ1n) is 25.9. The van der Waals surface area contributed by atoms with E-state index in [2.05, 4.69) is 40.6 Å². The number of aromatic hydroxyl groups is 1. The minimum atomic E-state index is -0.523. The molecule has 0 aliphatic carbocycles. The zero-order chi connectivity index (χ0) is 51.6. The van der Waals surface area contributed by atoms with E-state index in [1.807, 2.05) is 54.1 Å². The van der Waals surface area contributed by atoms with Gasteiger partial charge in [-0.15, -0.1) is 0 Å². The van der Waals surface area contributed by atoms with Crippen LogP contribution in [0, 0.1) is 31.0 Å². The van der Waals surface area contributed by atoms with E-state index in [9.17, 15) is 20.0 Å². The number of piperidine rings is 1. The molecule has 384 valence electrons. The van der Waals surface area contributed by atoms with Gasteiger partial charge in [0.2, 0.25) is 5.91 Å². The average molecular weight is 1000 g/mol. The number of hydrogen-bond acceptors (Lipinski definition) is 9. The van der Waals surface area contributed by atoms with Crippen LogP contribution in [0.2, 0.25) is 0 Å². The molecular weight excluding hydrogens is 938 g/mol. The average Bonchev–Trinajstić information content (AvgIpc) is 3.86. The van der Waals surface area contributed by atoms with E-state index >= 15 is 9.18 Å². The topological polar surface area (TPSA) is 155 Å². The molecule has 2 atom stereocenters. The molecule has 0 saturated carbocycles. The van der Waals surface area contributed by atoms with Crippen molar-refractivity contribution in [3.05, 3.63) is 147 Å². The molecule has 10 rings (SSSR count). The predicted molar refractivity (Wildman–Crippen MR) is 279 cm³/mol. The normalized spacial score (nSPS) is 17.8. The van der Waals surface area contributed by atoms with Gasteiger partial charge in [0.1, 0.15) is 29.1 Å². The van der Waals surface area contributed by atoms with E-state index in [4.69, 9.17) is 14.2 Å². The van der Waals surface area contributed by atoms with Crippen LogP contribution in [0.15, 0.2) is 84.9 Å². The molecule has 6 aromatic rings. The van der Waals surface area contributed by atoms with Gasteiger partial charge >= 0.3 is 0 Å². The van der Waals surface area contributed by atoms with E-state index in [0.29, 0.717) is 115 Å². The van der Waals surface area contributed by atoms with Crippen molar-refractivity contribution in [2.75, 3.05) is 57.9 Å². The lowest BCUT2D eigenvalue weighted by molar-refractivity contribution is -0.131. The van der Waals surface area contributed by atoms with Crippen LogP contribution in [-0.4, -0.2) is 111 Å². The summed E-state index contributed by atoms with van der Waals surface area (Å²) in [5, 5.41) is 23.4. The molecule has 4 aliphatic rings. The number of ether oxygens (including phenoxy) is 3. The number of aromatic nitrogens is 2. The number of phenolic OH excluding ortho intramolecular Hbond substituents is 1.